The fourth-order valence-corrected chi connectivity index (χ4v) is 2.10. The van der Waals surface area contributed by atoms with Gasteiger partial charge in [-0.05, 0) is 24.5 Å². The highest BCUT2D eigenvalue weighted by molar-refractivity contribution is 5.48. The summed E-state index contributed by atoms with van der Waals surface area (Å²) >= 11 is 0. The first kappa shape index (κ1) is 16.9. The Hall–Kier alpha value is -1.18. The molecule has 20 heavy (non-hydrogen) atoms. The molecule has 0 aromatic heterocycles. The average Bonchev–Trinajstić information content (AvgIpc) is 2.45. The molecule has 0 amide bonds. The predicted octanol–water partition coefficient (Wildman–Crippen LogP) is 5.49. The van der Waals surface area contributed by atoms with Crippen LogP contribution in [0.3, 0.4) is 0 Å². The van der Waals surface area contributed by atoms with Gasteiger partial charge < -0.3 is 10.1 Å². The number of hydrogen-bond acceptors (Lipinski definition) is 2. The molecule has 2 heteroatoms. The predicted molar refractivity (Wildman–Crippen MR) is 88.6 cm³/mol. The van der Waals surface area contributed by atoms with Crippen LogP contribution in [0.2, 0.25) is 0 Å². The minimum absolute atomic E-state index is 0.565. The molecule has 0 aliphatic rings. The fourth-order valence-electron chi connectivity index (χ4n) is 2.10. The van der Waals surface area contributed by atoms with E-state index >= 15 is 0 Å². The lowest BCUT2D eigenvalue weighted by molar-refractivity contribution is 0.271. The minimum Gasteiger partial charge on any atom is -0.493 e. The first-order valence-corrected chi connectivity index (χ1v) is 8.19. The van der Waals surface area contributed by atoms with Gasteiger partial charge in [0.15, 0.2) is 0 Å². The van der Waals surface area contributed by atoms with Crippen LogP contribution in [0.1, 0.15) is 59.3 Å². The highest BCUT2D eigenvalue weighted by Crippen LogP contribution is 2.18. The maximum absolute atomic E-state index is 5.74. The molecular weight excluding hydrogens is 246 g/mol. The Labute approximate surface area is 124 Å². The van der Waals surface area contributed by atoms with Crippen molar-refractivity contribution in [3.8, 4) is 5.75 Å². The molecule has 1 N–H and O–H groups in total. The lowest BCUT2D eigenvalue weighted by atomic mass is 10.1. The van der Waals surface area contributed by atoms with E-state index in [1.165, 1.54) is 44.2 Å². The smallest absolute Gasteiger partial charge is 0.121 e. The van der Waals surface area contributed by atoms with E-state index in [1.807, 2.05) is 6.07 Å². The second-order valence-electron chi connectivity index (χ2n) is 5.93. The Kier molecular flexibility index (Phi) is 8.93. The van der Waals surface area contributed by atoms with Gasteiger partial charge in [-0.1, -0.05) is 58.9 Å². The van der Waals surface area contributed by atoms with Crippen LogP contribution in [0.15, 0.2) is 24.3 Å². The number of hydrogen-bond donors (Lipinski definition) is 1. The summed E-state index contributed by atoms with van der Waals surface area (Å²) < 4.78 is 5.74. The number of nitrogens with one attached hydrogen (secondary N) is 1. The summed E-state index contributed by atoms with van der Waals surface area (Å²) in [5.41, 5.74) is 1.17. The van der Waals surface area contributed by atoms with Gasteiger partial charge in [0, 0.05) is 18.3 Å². The number of anilines is 1. The van der Waals surface area contributed by atoms with Crippen molar-refractivity contribution in [1.82, 2.24) is 0 Å². The monoisotopic (exact) mass is 277 g/mol. The van der Waals surface area contributed by atoms with Crippen molar-refractivity contribution in [2.75, 3.05) is 18.5 Å². The zero-order chi connectivity index (χ0) is 14.6. The molecule has 0 spiro atoms. The lowest BCUT2D eigenvalue weighted by Gasteiger charge is -2.11. The highest BCUT2D eigenvalue weighted by atomic mass is 16.5. The second-order valence-corrected chi connectivity index (χ2v) is 5.93. The Balaban J connectivity index is 2.18. The SMILES string of the molecule is CCCCCCCCNc1cccc(OCC(C)C)c1. The van der Waals surface area contributed by atoms with E-state index < -0.39 is 0 Å². The van der Waals surface area contributed by atoms with Gasteiger partial charge in [-0.2, -0.15) is 0 Å². The molecule has 0 saturated heterocycles. The fraction of sp³-hybridized carbons (Fsp3) is 0.667. The van der Waals surface area contributed by atoms with Gasteiger partial charge >= 0.3 is 0 Å². The Morgan fingerprint density at radius 3 is 2.55 bits per heavy atom. The van der Waals surface area contributed by atoms with Gasteiger partial charge in [0.2, 0.25) is 0 Å². The third kappa shape index (κ3) is 8.08. The third-order valence-corrected chi connectivity index (χ3v) is 3.28. The number of ether oxygens (including phenoxy) is 1. The van der Waals surface area contributed by atoms with Crippen LogP contribution in [0.25, 0.3) is 0 Å². The minimum atomic E-state index is 0.565. The first-order chi connectivity index (χ1) is 9.72. The van der Waals surface area contributed by atoms with Crippen LogP contribution in [-0.4, -0.2) is 13.2 Å². The Bertz CT molecular complexity index is 349. The van der Waals surface area contributed by atoms with Gasteiger partial charge in [-0.25, -0.2) is 0 Å². The van der Waals surface area contributed by atoms with E-state index in [2.05, 4.69) is 44.3 Å². The van der Waals surface area contributed by atoms with Crippen LogP contribution >= 0.6 is 0 Å². The topological polar surface area (TPSA) is 21.3 Å². The summed E-state index contributed by atoms with van der Waals surface area (Å²) in [5, 5.41) is 3.48. The molecule has 1 aromatic carbocycles. The first-order valence-electron chi connectivity index (χ1n) is 8.19. The molecule has 1 aromatic rings. The molecule has 2 nitrogen and oxygen atoms in total. The molecule has 0 aliphatic heterocycles. The maximum atomic E-state index is 5.74. The average molecular weight is 277 g/mol. The molecule has 0 saturated carbocycles. The highest BCUT2D eigenvalue weighted by Gasteiger charge is 1.99. The normalized spacial score (nSPS) is 10.8. The molecule has 0 bridgehead atoms. The number of unbranched alkanes of at least 4 members (excludes halogenated alkanes) is 5. The second kappa shape index (κ2) is 10.6. The van der Waals surface area contributed by atoms with Gasteiger partial charge in [0.1, 0.15) is 5.75 Å². The van der Waals surface area contributed by atoms with Crippen molar-refractivity contribution < 1.29 is 4.74 Å². The Morgan fingerprint density at radius 2 is 1.80 bits per heavy atom. The quantitative estimate of drug-likeness (QED) is 0.540. The Morgan fingerprint density at radius 1 is 1.05 bits per heavy atom. The van der Waals surface area contributed by atoms with Gasteiger partial charge in [-0.15, -0.1) is 0 Å². The number of benzene rings is 1. The van der Waals surface area contributed by atoms with E-state index in [9.17, 15) is 0 Å². The molecule has 0 aliphatic carbocycles. The largest absolute Gasteiger partial charge is 0.493 e. The van der Waals surface area contributed by atoms with E-state index in [0.29, 0.717) is 5.92 Å². The van der Waals surface area contributed by atoms with Crippen LogP contribution in [0.5, 0.6) is 5.75 Å². The van der Waals surface area contributed by atoms with Crippen molar-refractivity contribution in [1.29, 1.82) is 0 Å². The summed E-state index contributed by atoms with van der Waals surface area (Å²) in [5.74, 6) is 1.53. The number of rotatable bonds is 11. The zero-order valence-corrected chi connectivity index (χ0v) is 13.5. The summed E-state index contributed by atoms with van der Waals surface area (Å²) in [6, 6.07) is 8.29. The van der Waals surface area contributed by atoms with Crippen molar-refractivity contribution >= 4 is 5.69 Å². The summed E-state index contributed by atoms with van der Waals surface area (Å²) in [6.45, 7) is 8.43. The standard InChI is InChI=1S/C18H31NO/c1-4-5-6-7-8-9-13-19-17-11-10-12-18(14-17)20-15-16(2)3/h10-12,14,16,19H,4-9,13,15H2,1-3H3. The van der Waals surface area contributed by atoms with Crippen molar-refractivity contribution in [2.45, 2.75) is 59.3 Å². The van der Waals surface area contributed by atoms with Crippen molar-refractivity contribution in [3.05, 3.63) is 24.3 Å². The van der Waals surface area contributed by atoms with Crippen LogP contribution in [0.4, 0.5) is 5.69 Å². The van der Waals surface area contributed by atoms with Gasteiger partial charge in [-0.3, -0.25) is 0 Å². The summed E-state index contributed by atoms with van der Waals surface area (Å²) in [4.78, 5) is 0. The van der Waals surface area contributed by atoms with E-state index in [0.717, 1.165) is 18.9 Å². The maximum Gasteiger partial charge on any atom is 0.121 e. The van der Waals surface area contributed by atoms with Crippen molar-refractivity contribution in [3.63, 3.8) is 0 Å². The third-order valence-electron chi connectivity index (χ3n) is 3.28. The van der Waals surface area contributed by atoms with Crippen LogP contribution in [0, 0.1) is 5.92 Å². The molecular formula is C18H31NO. The molecule has 0 radical (unpaired) electrons. The lowest BCUT2D eigenvalue weighted by Crippen LogP contribution is -2.05. The van der Waals surface area contributed by atoms with Crippen molar-refractivity contribution in [2.24, 2.45) is 5.92 Å². The van der Waals surface area contributed by atoms with E-state index in [-0.39, 0.29) is 0 Å². The molecule has 1 rings (SSSR count). The zero-order valence-electron chi connectivity index (χ0n) is 13.5. The molecule has 0 fully saturated rings. The molecule has 0 heterocycles. The van der Waals surface area contributed by atoms with Crippen LogP contribution < -0.4 is 10.1 Å². The molecule has 114 valence electrons. The van der Waals surface area contributed by atoms with E-state index in [4.69, 9.17) is 4.74 Å². The van der Waals surface area contributed by atoms with Gasteiger partial charge in [0.25, 0.3) is 0 Å². The summed E-state index contributed by atoms with van der Waals surface area (Å²) in [6.07, 6.45) is 8.03. The van der Waals surface area contributed by atoms with E-state index in [1.54, 1.807) is 0 Å². The molecule has 0 unspecified atom stereocenters. The summed E-state index contributed by atoms with van der Waals surface area (Å²) in [7, 11) is 0. The van der Waals surface area contributed by atoms with Gasteiger partial charge in [0.05, 0.1) is 6.61 Å². The molecule has 0 atom stereocenters. The van der Waals surface area contributed by atoms with Crippen LogP contribution in [-0.2, 0) is 0 Å².